The van der Waals surface area contributed by atoms with Crippen LogP contribution in [0.25, 0.3) is 11.5 Å². The molecule has 1 N–H and O–H groups in total. The maximum Gasteiger partial charge on any atom is 0.202 e. The number of hydrogen-bond donors (Lipinski definition) is 1. The summed E-state index contributed by atoms with van der Waals surface area (Å²) < 4.78 is 10.6. The second-order valence-corrected chi connectivity index (χ2v) is 5.55. The SMILES string of the molecule is CN(Cc1cc(-c2ccco2)on1)CC1CCNCC1. The van der Waals surface area contributed by atoms with Crippen molar-refractivity contribution in [1.82, 2.24) is 15.4 Å². The van der Waals surface area contributed by atoms with E-state index in [1.54, 1.807) is 6.26 Å². The lowest BCUT2D eigenvalue weighted by atomic mass is 9.98. The van der Waals surface area contributed by atoms with Gasteiger partial charge in [-0.3, -0.25) is 0 Å². The Morgan fingerprint density at radius 2 is 2.20 bits per heavy atom. The molecule has 3 heterocycles. The Kier molecular flexibility index (Phi) is 4.18. The number of piperidine rings is 1. The van der Waals surface area contributed by atoms with Gasteiger partial charge in [-0.15, -0.1) is 0 Å². The smallest absolute Gasteiger partial charge is 0.202 e. The molecule has 20 heavy (non-hydrogen) atoms. The van der Waals surface area contributed by atoms with E-state index in [-0.39, 0.29) is 0 Å². The molecule has 108 valence electrons. The van der Waals surface area contributed by atoms with E-state index >= 15 is 0 Å². The summed E-state index contributed by atoms with van der Waals surface area (Å²) in [5.74, 6) is 2.21. The van der Waals surface area contributed by atoms with Gasteiger partial charge in [-0.25, -0.2) is 0 Å². The fraction of sp³-hybridized carbons (Fsp3) is 0.533. The van der Waals surface area contributed by atoms with Crippen molar-refractivity contribution in [2.45, 2.75) is 19.4 Å². The van der Waals surface area contributed by atoms with E-state index < -0.39 is 0 Å². The van der Waals surface area contributed by atoms with Gasteiger partial charge in [-0.05, 0) is 51.0 Å². The highest BCUT2D eigenvalue weighted by Gasteiger charge is 2.16. The lowest BCUT2D eigenvalue weighted by Crippen LogP contribution is -2.34. The highest BCUT2D eigenvalue weighted by molar-refractivity contribution is 5.49. The Labute approximate surface area is 118 Å². The second-order valence-electron chi connectivity index (χ2n) is 5.55. The van der Waals surface area contributed by atoms with Crippen LogP contribution in [-0.2, 0) is 6.54 Å². The van der Waals surface area contributed by atoms with Gasteiger partial charge in [0.2, 0.25) is 5.76 Å². The monoisotopic (exact) mass is 275 g/mol. The third-order valence-electron chi connectivity index (χ3n) is 3.78. The number of furan rings is 1. The summed E-state index contributed by atoms with van der Waals surface area (Å²) in [6, 6.07) is 5.68. The Bertz CT molecular complexity index is 515. The first kappa shape index (κ1) is 13.4. The summed E-state index contributed by atoms with van der Waals surface area (Å²) in [4.78, 5) is 2.32. The van der Waals surface area contributed by atoms with E-state index in [0.29, 0.717) is 5.76 Å². The van der Waals surface area contributed by atoms with Gasteiger partial charge in [0.15, 0.2) is 5.76 Å². The molecule has 5 nitrogen and oxygen atoms in total. The van der Waals surface area contributed by atoms with Crippen molar-refractivity contribution in [1.29, 1.82) is 0 Å². The molecule has 1 aliphatic heterocycles. The topological polar surface area (TPSA) is 54.4 Å². The average Bonchev–Trinajstić information content (AvgIpc) is 3.10. The van der Waals surface area contributed by atoms with Crippen LogP contribution in [0, 0.1) is 5.92 Å². The lowest BCUT2D eigenvalue weighted by Gasteiger charge is -2.26. The number of aromatic nitrogens is 1. The van der Waals surface area contributed by atoms with Gasteiger partial charge in [0.25, 0.3) is 0 Å². The molecule has 0 aromatic carbocycles. The molecule has 0 radical (unpaired) electrons. The van der Waals surface area contributed by atoms with Gasteiger partial charge < -0.3 is 19.2 Å². The number of rotatable bonds is 5. The highest BCUT2D eigenvalue weighted by atomic mass is 16.5. The summed E-state index contributed by atoms with van der Waals surface area (Å²) in [5.41, 5.74) is 0.952. The highest BCUT2D eigenvalue weighted by Crippen LogP contribution is 2.21. The molecule has 2 aromatic heterocycles. The fourth-order valence-electron chi connectivity index (χ4n) is 2.77. The van der Waals surface area contributed by atoms with E-state index in [1.807, 2.05) is 18.2 Å². The quantitative estimate of drug-likeness (QED) is 0.908. The van der Waals surface area contributed by atoms with Gasteiger partial charge in [0.05, 0.1) is 12.0 Å². The first-order valence-electron chi connectivity index (χ1n) is 7.20. The van der Waals surface area contributed by atoms with Crippen LogP contribution in [0.15, 0.2) is 33.4 Å². The van der Waals surface area contributed by atoms with Gasteiger partial charge in [0.1, 0.15) is 0 Å². The van der Waals surface area contributed by atoms with Crippen LogP contribution in [0.2, 0.25) is 0 Å². The van der Waals surface area contributed by atoms with Crippen molar-refractivity contribution >= 4 is 0 Å². The first-order chi connectivity index (χ1) is 9.81. The van der Waals surface area contributed by atoms with Crippen LogP contribution in [0.5, 0.6) is 0 Å². The van der Waals surface area contributed by atoms with Crippen molar-refractivity contribution in [2.24, 2.45) is 5.92 Å². The molecular weight excluding hydrogens is 254 g/mol. The molecule has 2 aromatic rings. The molecule has 0 unspecified atom stereocenters. The number of hydrogen-bond acceptors (Lipinski definition) is 5. The van der Waals surface area contributed by atoms with Crippen LogP contribution < -0.4 is 5.32 Å². The standard InChI is InChI=1S/C15H21N3O2/c1-18(10-12-4-6-16-7-5-12)11-13-9-15(20-17-13)14-3-2-8-19-14/h2-3,8-9,12,16H,4-7,10-11H2,1H3. The molecule has 0 saturated carbocycles. The van der Waals surface area contributed by atoms with Crippen molar-refractivity contribution in [2.75, 3.05) is 26.7 Å². The molecule has 1 saturated heterocycles. The van der Waals surface area contributed by atoms with Gasteiger partial charge in [0, 0.05) is 19.2 Å². The third-order valence-corrected chi connectivity index (χ3v) is 3.78. The summed E-state index contributed by atoms with van der Waals surface area (Å²) in [6.45, 7) is 4.22. The Morgan fingerprint density at radius 3 is 2.95 bits per heavy atom. The third kappa shape index (κ3) is 3.29. The molecule has 3 rings (SSSR count). The van der Waals surface area contributed by atoms with Crippen LogP contribution >= 0.6 is 0 Å². The minimum absolute atomic E-state index is 0.695. The zero-order chi connectivity index (χ0) is 13.8. The number of nitrogens with one attached hydrogen (secondary N) is 1. The van der Waals surface area contributed by atoms with E-state index in [9.17, 15) is 0 Å². The Hall–Kier alpha value is -1.59. The maximum absolute atomic E-state index is 5.32. The van der Waals surface area contributed by atoms with E-state index in [0.717, 1.165) is 43.6 Å². The lowest BCUT2D eigenvalue weighted by molar-refractivity contribution is 0.229. The zero-order valence-electron chi connectivity index (χ0n) is 11.8. The summed E-state index contributed by atoms with van der Waals surface area (Å²) in [5, 5.41) is 7.52. The molecule has 5 heteroatoms. The molecule has 0 aliphatic carbocycles. The minimum Gasteiger partial charge on any atom is -0.461 e. The van der Waals surface area contributed by atoms with Gasteiger partial charge in [-0.1, -0.05) is 5.16 Å². The normalized spacial score (nSPS) is 16.9. The van der Waals surface area contributed by atoms with Crippen LogP contribution in [0.3, 0.4) is 0 Å². The van der Waals surface area contributed by atoms with Crippen molar-refractivity contribution in [3.63, 3.8) is 0 Å². The Morgan fingerprint density at radius 1 is 1.35 bits per heavy atom. The first-order valence-corrected chi connectivity index (χ1v) is 7.20. The second kappa shape index (κ2) is 6.24. The molecule has 0 bridgehead atoms. The van der Waals surface area contributed by atoms with Crippen LogP contribution in [-0.4, -0.2) is 36.7 Å². The van der Waals surface area contributed by atoms with E-state index in [4.69, 9.17) is 8.94 Å². The molecule has 0 atom stereocenters. The predicted molar refractivity (Wildman–Crippen MR) is 76.1 cm³/mol. The number of nitrogens with zero attached hydrogens (tertiary/aromatic N) is 2. The van der Waals surface area contributed by atoms with E-state index in [1.165, 1.54) is 12.8 Å². The Balaban J connectivity index is 1.54. The van der Waals surface area contributed by atoms with E-state index in [2.05, 4.69) is 22.4 Å². The summed E-state index contributed by atoms with van der Waals surface area (Å²) in [7, 11) is 2.14. The largest absolute Gasteiger partial charge is 0.461 e. The van der Waals surface area contributed by atoms with Gasteiger partial charge in [-0.2, -0.15) is 0 Å². The minimum atomic E-state index is 0.695. The fourth-order valence-corrected chi connectivity index (χ4v) is 2.77. The zero-order valence-corrected chi connectivity index (χ0v) is 11.8. The van der Waals surface area contributed by atoms with Crippen molar-refractivity contribution in [3.8, 4) is 11.5 Å². The summed E-state index contributed by atoms with van der Waals surface area (Å²) >= 11 is 0. The summed E-state index contributed by atoms with van der Waals surface area (Å²) in [6.07, 6.45) is 4.17. The average molecular weight is 275 g/mol. The molecular formula is C15H21N3O2. The molecule has 1 fully saturated rings. The maximum atomic E-state index is 5.32. The van der Waals surface area contributed by atoms with Crippen LogP contribution in [0.4, 0.5) is 0 Å². The molecule has 0 amide bonds. The molecule has 1 aliphatic rings. The predicted octanol–water partition coefficient (Wildman–Crippen LogP) is 2.37. The van der Waals surface area contributed by atoms with Gasteiger partial charge >= 0.3 is 0 Å². The van der Waals surface area contributed by atoms with Crippen molar-refractivity contribution in [3.05, 3.63) is 30.2 Å². The molecule has 0 spiro atoms. The van der Waals surface area contributed by atoms with Crippen LogP contribution in [0.1, 0.15) is 18.5 Å². The van der Waals surface area contributed by atoms with Crippen molar-refractivity contribution < 1.29 is 8.94 Å².